The Bertz CT molecular complexity index is 733. The minimum absolute atomic E-state index is 0.0641. The van der Waals surface area contributed by atoms with Gasteiger partial charge in [-0.2, -0.15) is 0 Å². The van der Waals surface area contributed by atoms with Gasteiger partial charge >= 0.3 is 17.9 Å². The molecule has 0 bridgehead atoms. The van der Waals surface area contributed by atoms with E-state index in [2.05, 4.69) is 20.8 Å². The molecule has 0 spiro atoms. The number of carbonyl (C=O) groups is 3. The topological polar surface area (TPSA) is 78.9 Å². The molecular weight excluding hydrogens is 662 g/mol. The highest BCUT2D eigenvalue weighted by Crippen LogP contribution is 2.16. The molecule has 0 rings (SSSR count). The van der Waals surface area contributed by atoms with Gasteiger partial charge in [0.05, 0.1) is 0 Å². The molecule has 0 aliphatic heterocycles. The van der Waals surface area contributed by atoms with Crippen LogP contribution in [0.1, 0.15) is 265 Å². The SMILES string of the molecule is CCCCCCCCCCCCCCCCCC(=O)OCC([13CH2]OC(=O)CCCCCCCCCCCCCCCCC)OC(=O)CCCCCCC. The van der Waals surface area contributed by atoms with Crippen molar-refractivity contribution in [1.82, 2.24) is 0 Å². The van der Waals surface area contributed by atoms with E-state index in [1.807, 2.05) is 0 Å². The van der Waals surface area contributed by atoms with Crippen LogP contribution in [0.25, 0.3) is 0 Å². The number of rotatable bonds is 43. The third kappa shape index (κ3) is 41.4. The summed E-state index contributed by atoms with van der Waals surface area (Å²) in [5.74, 6) is -0.864. The zero-order chi connectivity index (χ0) is 38.7. The summed E-state index contributed by atoms with van der Waals surface area (Å²) in [6, 6.07) is 0. The molecular formula is C47H90O6. The Morgan fingerprint density at radius 1 is 0.302 bits per heavy atom. The monoisotopic (exact) mass is 752 g/mol. The van der Waals surface area contributed by atoms with E-state index in [9.17, 15) is 14.4 Å². The Hall–Kier alpha value is -1.59. The molecule has 1 unspecified atom stereocenters. The van der Waals surface area contributed by atoms with E-state index in [0.717, 1.165) is 64.2 Å². The lowest BCUT2D eigenvalue weighted by Gasteiger charge is -2.18. The van der Waals surface area contributed by atoms with Gasteiger partial charge in [0.2, 0.25) is 0 Å². The predicted molar refractivity (Wildman–Crippen MR) is 224 cm³/mol. The van der Waals surface area contributed by atoms with Crippen LogP contribution >= 0.6 is 0 Å². The largest absolute Gasteiger partial charge is 0.462 e. The number of unbranched alkanes of at least 4 members (excludes halogenated alkanes) is 32. The van der Waals surface area contributed by atoms with Gasteiger partial charge in [-0.05, 0) is 19.3 Å². The third-order valence-corrected chi connectivity index (χ3v) is 10.6. The molecule has 0 saturated carbocycles. The Balaban J connectivity index is 4.10. The van der Waals surface area contributed by atoms with E-state index in [1.54, 1.807) is 0 Å². The van der Waals surface area contributed by atoms with Crippen LogP contribution in [0.4, 0.5) is 0 Å². The van der Waals surface area contributed by atoms with Gasteiger partial charge in [-0.1, -0.05) is 226 Å². The van der Waals surface area contributed by atoms with Crippen molar-refractivity contribution in [3.05, 3.63) is 0 Å². The zero-order valence-electron chi connectivity index (χ0n) is 35.8. The quantitative estimate of drug-likeness (QED) is 0.0267. The van der Waals surface area contributed by atoms with Crippen molar-refractivity contribution in [3.63, 3.8) is 0 Å². The number of hydrogen-bond acceptors (Lipinski definition) is 6. The average Bonchev–Trinajstić information content (AvgIpc) is 3.15. The smallest absolute Gasteiger partial charge is 0.306 e. The van der Waals surface area contributed by atoms with E-state index >= 15 is 0 Å². The minimum Gasteiger partial charge on any atom is -0.462 e. The lowest BCUT2D eigenvalue weighted by Crippen LogP contribution is -2.30. The molecule has 0 aliphatic rings. The minimum atomic E-state index is -0.756. The van der Waals surface area contributed by atoms with Crippen LogP contribution in [-0.2, 0) is 28.6 Å². The Kier molecular flexibility index (Phi) is 41.8. The van der Waals surface area contributed by atoms with Gasteiger partial charge in [0.15, 0.2) is 6.10 Å². The molecule has 0 radical (unpaired) electrons. The summed E-state index contributed by atoms with van der Waals surface area (Å²) in [7, 11) is 0. The number of ether oxygens (including phenoxy) is 3. The van der Waals surface area contributed by atoms with Gasteiger partial charge in [-0.3, -0.25) is 14.4 Å². The Morgan fingerprint density at radius 3 is 0.755 bits per heavy atom. The van der Waals surface area contributed by atoms with Crippen molar-refractivity contribution in [1.29, 1.82) is 0 Å². The maximum absolute atomic E-state index is 12.5. The fourth-order valence-electron chi connectivity index (χ4n) is 7.03. The van der Waals surface area contributed by atoms with E-state index in [1.165, 1.54) is 161 Å². The van der Waals surface area contributed by atoms with Gasteiger partial charge in [0.1, 0.15) is 13.2 Å². The van der Waals surface area contributed by atoms with E-state index < -0.39 is 6.10 Å². The molecule has 0 N–H and O–H groups in total. The average molecular weight is 752 g/mol. The molecule has 53 heavy (non-hydrogen) atoms. The summed E-state index contributed by atoms with van der Waals surface area (Å²) in [5, 5.41) is 0. The van der Waals surface area contributed by atoms with Crippen LogP contribution in [0.15, 0.2) is 0 Å². The summed E-state index contributed by atoms with van der Waals surface area (Å²) in [4.78, 5) is 37.5. The molecule has 0 saturated heterocycles. The van der Waals surface area contributed by atoms with Crippen LogP contribution in [0.5, 0.6) is 0 Å². The molecule has 0 amide bonds. The Labute approximate surface area is 329 Å². The third-order valence-electron chi connectivity index (χ3n) is 10.6. The van der Waals surface area contributed by atoms with Crippen molar-refractivity contribution < 1.29 is 28.6 Å². The molecule has 0 aromatic rings. The van der Waals surface area contributed by atoms with Crippen LogP contribution in [0.2, 0.25) is 0 Å². The van der Waals surface area contributed by atoms with Gasteiger partial charge in [0, 0.05) is 19.3 Å². The first kappa shape index (κ1) is 51.4. The maximum atomic E-state index is 12.5. The first-order valence-electron chi connectivity index (χ1n) is 23.5. The summed E-state index contributed by atoms with van der Waals surface area (Å²) in [5.41, 5.74) is 0. The number of carbonyl (C=O) groups excluding carboxylic acids is 3. The maximum Gasteiger partial charge on any atom is 0.306 e. The molecule has 6 nitrogen and oxygen atoms in total. The molecule has 6 heteroatoms. The second-order valence-electron chi connectivity index (χ2n) is 16.0. The summed E-state index contributed by atoms with van der Waals surface area (Å²) in [6.45, 7) is 6.58. The standard InChI is InChI=1S/C47H90O6/c1-4-7-10-13-15-17-19-21-23-25-27-29-31-34-36-39-45(48)51-42-44(53-47(50)41-38-33-12-9-6-3)43-52-46(49)40-37-35-32-30-28-26-24-22-20-18-16-14-11-8-5-2/h44H,4-43H2,1-3H3/i42+1. The zero-order valence-corrected chi connectivity index (χ0v) is 35.8. The second kappa shape index (κ2) is 43.1. The molecule has 0 aliphatic carbocycles. The second-order valence-corrected chi connectivity index (χ2v) is 16.0. The van der Waals surface area contributed by atoms with Crippen molar-refractivity contribution in [2.45, 2.75) is 271 Å². The fraction of sp³-hybridized carbons (Fsp3) is 0.936. The van der Waals surface area contributed by atoms with Crippen LogP contribution in [0.3, 0.4) is 0 Å². The number of hydrogen-bond donors (Lipinski definition) is 0. The Morgan fingerprint density at radius 2 is 0.509 bits per heavy atom. The normalized spacial score (nSPS) is 11.8. The predicted octanol–water partition coefficient (Wildman–Crippen LogP) is 14.9. The first-order chi connectivity index (χ1) is 26.0. The summed E-state index contributed by atoms with van der Waals surface area (Å²) >= 11 is 0. The van der Waals surface area contributed by atoms with Gasteiger partial charge in [-0.15, -0.1) is 0 Å². The lowest BCUT2D eigenvalue weighted by molar-refractivity contribution is -0.167. The van der Waals surface area contributed by atoms with Gasteiger partial charge in [-0.25, -0.2) is 0 Å². The lowest BCUT2D eigenvalue weighted by atomic mass is 10.0. The van der Waals surface area contributed by atoms with Crippen molar-refractivity contribution in [2.75, 3.05) is 13.2 Å². The highest BCUT2D eigenvalue weighted by atomic mass is 16.6. The van der Waals surface area contributed by atoms with E-state index in [-0.39, 0.29) is 31.1 Å². The molecule has 1 atom stereocenters. The summed E-state index contributed by atoms with van der Waals surface area (Å²) in [6.07, 6.45) is 44.0. The van der Waals surface area contributed by atoms with Crippen LogP contribution < -0.4 is 0 Å². The highest BCUT2D eigenvalue weighted by Gasteiger charge is 2.19. The molecule has 0 aromatic heterocycles. The van der Waals surface area contributed by atoms with Crippen LogP contribution in [0, 0.1) is 0 Å². The van der Waals surface area contributed by atoms with Crippen molar-refractivity contribution in [3.8, 4) is 0 Å². The van der Waals surface area contributed by atoms with E-state index in [0.29, 0.717) is 19.3 Å². The highest BCUT2D eigenvalue weighted by molar-refractivity contribution is 5.71. The van der Waals surface area contributed by atoms with Gasteiger partial charge < -0.3 is 14.2 Å². The first-order valence-corrected chi connectivity index (χ1v) is 23.5. The molecule has 0 aromatic carbocycles. The van der Waals surface area contributed by atoms with Crippen molar-refractivity contribution >= 4 is 17.9 Å². The molecule has 0 heterocycles. The number of esters is 3. The van der Waals surface area contributed by atoms with Gasteiger partial charge in [0.25, 0.3) is 0 Å². The summed E-state index contributed by atoms with van der Waals surface area (Å²) < 4.78 is 16.6. The molecule has 0 fully saturated rings. The molecule has 314 valence electrons. The van der Waals surface area contributed by atoms with Crippen molar-refractivity contribution in [2.24, 2.45) is 0 Å². The van der Waals surface area contributed by atoms with Crippen LogP contribution in [-0.4, -0.2) is 37.2 Å². The fourth-order valence-corrected chi connectivity index (χ4v) is 7.03. The van der Waals surface area contributed by atoms with E-state index in [4.69, 9.17) is 14.2 Å².